The number of esters is 1. The second-order valence-electron chi connectivity index (χ2n) is 4.25. The largest absolute Gasteiger partial charge is 0.461 e. The molecule has 0 aliphatic heterocycles. The van der Waals surface area contributed by atoms with Crippen molar-refractivity contribution in [2.45, 2.75) is 13.5 Å². The number of aromatic nitrogens is 1. The number of nitrogens with zero attached hydrogens (tertiary/aromatic N) is 1. The first-order valence-corrected chi connectivity index (χ1v) is 6.58. The Hall–Kier alpha value is -2.40. The summed E-state index contributed by atoms with van der Waals surface area (Å²) in [5.41, 5.74) is 1.43. The zero-order valence-electron chi connectivity index (χ0n) is 11.3. The highest BCUT2D eigenvalue weighted by atomic mass is 35.5. The minimum atomic E-state index is -0.396. The number of pyridine rings is 1. The fourth-order valence-electron chi connectivity index (χ4n) is 1.65. The Morgan fingerprint density at radius 2 is 2.10 bits per heavy atom. The molecule has 1 amide bonds. The number of carbonyl (C=O) groups is 2. The van der Waals surface area contributed by atoms with Gasteiger partial charge in [0, 0.05) is 29.4 Å². The number of amides is 1. The standard InChI is InChI=1S/C15H13ClN2O3/c1-10(19)21-9-11-5-6-12(16)8-14(11)18-15(20)13-4-2-3-7-17-13/h2-8H,9H2,1H3,(H,18,20). The van der Waals surface area contributed by atoms with Gasteiger partial charge in [0.25, 0.3) is 5.91 Å². The molecule has 0 spiro atoms. The van der Waals surface area contributed by atoms with Gasteiger partial charge in [0.2, 0.25) is 0 Å². The summed E-state index contributed by atoms with van der Waals surface area (Å²) in [6, 6.07) is 10.0. The van der Waals surface area contributed by atoms with Gasteiger partial charge in [-0.1, -0.05) is 23.7 Å². The number of halogens is 1. The highest BCUT2D eigenvalue weighted by Crippen LogP contribution is 2.22. The average molecular weight is 305 g/mol. The molecule has 0 saturated carbocycles. The first-order valence-electron chi connectivity index (χ1n) is 6.20. The molecule has 6 heteroatoms. The van der Waals surface area contributed by atoms with Gasteiger partial charge >= 0.3 is 5.97 Å². The van der Waals surface area contributed by atoms with Crippen LogP contribution < -0.4 is 5.32 Å². The van der Waals surface area contributed by atoms with Crippen LogP contribution in [0.5, 0.6) is 0 Å². The maximum Gasteiger partial charge on any atom is 0.302 e. The molecule has 0 bridgehead atoms. The monoisotopic (exact) mass is 304 g/mol. The third kappa shape index (κ3) is 4.29. The van der Waals surface area contributed by atoms with E-state index in [0.29, 0.717) is 16.3 Å². The van der Waals surface area contributed by atoms with Crippen molar-refractivity contribution in [1.29, 1.82) is 0 Å². The molecule has 0 unspecified atom stereocenters. The summed E-state index contributed by atoms with van der Waals surface area (Å²) in [7, 11) is 0. The quantitative estimate of drug-likeness (QED) is 0.882. The summed E-state index contributed by atoms with van der Waals surface area (Å²) in [5.74, 6) is -0.756. The molecule has 21 heavy (non-hydrogen) atoms. The van der Waals surface area contributed by atoms with Crippen molar-refractivity contribution in [3.05, 3.63) is 58.9 Å². The zero-order valence-corrected chi connectivity index (χ0v) is 12.1. The number of nitrogens with one attached hydrogen (secondary N) is 1. The van der Waals surface area contributed by atoms with Gasteiger partial charge < -0.3 is 10.1 Å². The summed E-state index contributed by atoms with van der Waals surface area (Å²) in [5, 5.41) is 3.18. The third-order valence-electron chi connectivity index (χ3n) is 2.65. The molecule has 5 nitrogen and oxygen atoms in total. The molecule has 1 N–H and O–H groups in total. The molecule has 1 aromatic heterocycles. The van der Waals surface area contributed by atoms with Crippen LogP contribution in [0.1, 0.15) is 23.0 Å². The predicted octanol–water partition coefficient (Wildman–Crippen LogP) is 3.05. The maximum atomic E-state index is 12.1. The lowest BCUT2D eigenvalue weighted by Crippen LogP contribution is -2.15. The Labute approximate surface area is 126 Å². The van der Waals surface area contributed by atoms with Crippen LogP contribution in [0.2, 0.25) is 5.02 Å². The van der Waals surface area contributed by atoms with Crippen LogP contribution in [0.15, 0.2) is 42.6 Å². The molecule has 1 aromatic carbocycles. The Kier molecular flexibility index (Phi) is 4.90. The third-order valence-corrected chi connectivity index (χ3v) is 2.88. The van der Waals surface area contributed by atoms with Gasteiger partial charge in [0.15, 0.2) is 0 Å². The molecule has 108 valence electrons. The van der Waals surface area contributed by atoms with E-state index in [4.69, 9.17) is 16.3 Å². The van der Waals surface area contributed by atoms with Crippen molar-refractivity contribution in [2.24, 2.45) is 0 Å². The molecule has 0 aliphatic rings. The van der Waals surface area contributed by atoms with E-state index in [-0.39, 0.29) is 18.2 Å². The van der Waals surface area contributed by atoms with Gasteiger partial charge in [-0.25, -0.2) is 0 Å². The second-order valence-corrected chi connectivity index (χ2v) is 4.69. The van der Waals surface area contributed by atoms with Crippen molar-refractivity contribution in [2.75, 3.05) is 5.32 Å². The summed E-state index contributed by atoms with van der Waals surface area (Å²) in [4.78, 5) is 27.0. The first-order chi connectivity index (χ1) is 10.1. The molecule has 0 fully saturated rings. The number of benzene rings is 1. The highest BCUT2D eigenvalue weighted by molar-refractivity contribution is 6.31. The number of hydrogen-bond donors (Lipinski definition) is 1. The van der Waals surface area contributed by atoms with Gasteiger partial charge in [-0.3, -0.25) is 14.6 Å². The van der Waals surface area contributed by atoms with Crippen LogP contribution >= 0.6 is 11.6 Å². The smallest absolute Gasteiger partial charge is 0.302 e. The van der Waals surface area contributed by atoms with Crippen molar-refractivity contribution in [3.8, 4) is 0 Å². The molecule has 0 radical (unpaired) electrons. The van der Waals surface area contributed by atoms with Crippen LogP contribution in [0, 0.1) is 0 Å². The van der Waals surface area contributed by atoms with Crippen molar-refractivity contribution in [3.63, 3.8) is 0 Å². The SMILES string of the molecule is CC(=O)OCc1ccc(Cl)cc1NC(=O)c1ccccn1. The van der Waals surface area contributed by atoms with E-state index >= 15 is 0 Å². The van der Waals surface area contributed by atoms with Gasteiger partial charge in [-0.2, -0.15) is 0 Å². The van der Waals surface area contributed by atoms with E-state index in [2.05, 4.69) is 10.3 Å². The number of rotatable bonds is 4. The van der Waals surface area contributed by atoms with Gasteiger partial charge in [0.1, 0.15) is 12.3 Å². The van der Waals surface area contributed by atoms with E-state index in [1.54, 1.807) is 36.4 Å². The molecule has 0 saturated heterocycles. The lowest BCUT2D eigenvalue weighted by atomic mass is 10.2. The number of hydrogen-bond acceptors (Lipinski definition) is 4. The zero-order chi connectivity index (χ0) is 15.2. The molecule has 0 atom stereocenters. The Balaban J connectivity index is 2.20. The molecule has 2 aromatic rings. The lowest BCUT2D eigenvalue weighted by Gasteiger charge is -2.11. The summed E-state index contributed by atoms with van der Waals surface area (Å²) in [6.07, 6.45) is 1.53. The van der Waals surface area contributed by atoms with Crippen molar-refractivity contribution < 1.29 is 14.3 Å². The molecule has 2 rings (SSSR count). The van der Waals surface area contributed by atoms with Crippen molar-refractivity contribution >= 4 is 29.2 Å². The minimum Gasteiger partial charge on any atom is -0.461 e. The second kappa shape index (κ2) is 6.85. The van der Waals surface area contributed by atoms with Crippen LogP contribution in [-0.4, -0.2) is 16.9 Å². The van der Waals surface area contributed by atoms with E-state index in [1.165, 1.54) is 13.1 Å². The van der Waals surface area contributed by atoms with E-state index < -0.39 is 5.97 Å². The van der Waals surface area contributed by atoms with E-state index in [9.17, 15) is 9.59 Å². The summed E-state index contributed by atoms with van der Waals surface area (Å²) < 4.78 is 4.95. The normalized spacial score (nSPS) is 10.0. The Morgan fingerprint density at radius 3 is 2.76 bits per heavy atom. The first kappa shape index (κ1) is 15.0. The maximum absolute atomic E-state index is 12.1. The topological polar surface area (TPSA) is 68.3 Å². The Bertz CT molecular complexity index is 659. The predicted molar refractivity (Wildman–Crippen MR) is 79.1 cm³/mol. The number of anilines is 1. The average Bonchev–Trinajstić information content (AvgIpc) is 2.47. The van der Waals surface area contributed by atoms with Crippen LogP contribution in [0.4, 0.5) is 5.69 Å². The van der Waals surface area contributed by atoms with E-state index in [0.717, 1.165) is 0 Å². The van der Waals surface area contributed by atoms with E-state index in [1.807, 2.05) is 0 Å². The highest BCUT2D eigenvalue weighted by Gasteiger charge is 2.11. The lowest BCUT2D eigenvalue weighted by molar-refractivity contribution is -0.142. The van der Waals surface area contributed by atoms with Crippen molar-refractivity contribution in [1.82, 2.24) is 4.98 Å². The van der Waals surface area contributed by atoms with Gasteiger partial charge in [-0.15, -0.1) is 0 Å². The van der Waals surface area contributed by atoms with Gasteiger partial charge in [-0.05, 0) is 24.3 Å². The summed E-state index contributed by atoms with van der Waals surface area (Å²) >= 11 is 5.93. The minimum absolute atomic E-state index is 0.0599. The molecular weight excluding hydrogens is 292 g/mol. The number of carbonyl (C=O) groups excluding carboxylic acids is 2. The van der Waals surface area contributed by atoms with Crippen LogP contribution in [0.3, 0.4) is 0 Å². The number of ether oxygens (including phenoxy) is 1. The molecule has 0 aliphatic carbocycles. The van der Waals surface area contributed by atoms with Gasteiger partial charge in [0.05, 0.1) is 0 Å². The van der Waals surface area contributed by atoms with Crippen LogP contribution in [-0.2, 0) is 16.1 Å². The molecule has 1 heterocycles. The molecular formula is C15H13ClN2O3. The summed E-state index contributed by atoms with van der Waals surface area (Å²) in [6.45, 7) is 1.38. The fraction of sp³-hybridized carbons (Fsp3) is 0.133. The van der Waals surface area contributed by atoms with Crippen LogP contribution in [0.25, 0.3) is 0 Å². The Morgan fingerprint density at radius 1 is 1.29 bits per heavy atom. The fourth-order valence-corrected chi connectivity index (χ4v) is 1.83.